The summed E-state index contributed by atoms with van der Waals surface area (Å²) in [5.74, 6) is 0. The third kappa shape index (κ3) is 4.43. The molecule has 1 aromatic carbocycles. The fourth-order valence-electron chi connectivity index (χ4n) is 2.57. The summed E-state index contributed by atoms with van der Waals surface area (Å²) in [5, 5.41) is 3.57. The van der Waals surface area contributed by atoms with Crippen molar-refractivity contribution in [3.8, 4) is 0 Å². The number of nitrogens with one attached hydrogen (secondary N) is 1. The molecule has 100 valence electrons. The predicted molar refractivity (Wildman–Crippen MR) is 78.0 cm³/mol. The van der Waals surface area contributed by atoms with E-state index in [-0.39, 0.29) is 0 Å². The first-order valence-electron chi connectivity index (χ1n) is 7.21. The van der Waals surface area contributed by atoms with Crippen molar-refractivity contribution in [1.82, 2.24) is 10.2 Å². The van der Waals surface area contributed by atoms with Gasteiger partial charge in [0, 0.05) is 12.6 Å². The number of nitrogens with zero attached hydrogens (tertiary/aromatic N) is 1. The van der Waals surface area contributed by atoms with Crippen molar-refractivity contribution in [2.24, 2.45) is 0 Å². The lowest BCUT2D eigenvalue weighted by Gasteiger charge is -2.19. The zero-order valence-corrected chi connectivity index (χ0v) is 11.8. The van der Waals surface area contributed by atoms with Crippen LogP contribution in [0, 0.1) is 6.92 Å². The number of aryl methyl sites for hydroxylation is 1. The van der Waals surface area contributed by atoms with Crippen LogP contribution in [0.2, 0.25) is 0 Å². The van der Waals surface area contributed by atoms with E-state index in [4.69, 9.17) is 0 Å². The largest absolute Gasteiger partial charge is 0.314 e. The van der Waals surface area contributed by atoms with Gasteiger partial charge in [0.1, 0.15) is 0 Å². The highest BCUT2D eigenvalue weighted by molar-refractivity contribution is 5.21. The summed E-state index contributed by atoms with van der Waals surface area (Å²) in [5.41, 5.74) is 2.80. The molecule has 0 aliphatic carbocycles. The molecule has 1 aromatic rings. The van der Waals surface area contributed by atoms with E-state index >= 15 is 0 Å². The Morgan fingerprint density at radius 2 is 2.00 bits per heavy atom. The van der Waals surface area contributed by atoms with E-state index in [9.17, 15) is 0 Å². The summed E-state index contributed by atoms with van der Waals surface area (Å²) in [4.78, 5) is 2.46. The molecule has 1 atom stereocenters. The third-order valence-corrected chi connectivity index (χ3v) is 3.92. The van der Waals surface area contributed by atoms with E-state index in [2.05, 4.69) is 48.5 Å². The van der Waals surface area contributed by atoms with Gasteiger partial charge in [0.2, 0.25) is 0 Å². The monoisotopic (exact) mass is 246 g/mol. The van der Waals surface area contributed by atoms with Crippen LogP contribution in [-0.2, 0) is 6.42 Å². The maximum Gasteiger partial charge on any atom is 0.00797 e. The Morgan fingerprint density at radius 1 is 1.22 bits per heavy atom. The van der Waals surface area contributed by atoms with Crippen LogP contribution < -0.4 is 5.32 Å². The van der Waals surface area contributed by atoms with Crippen LogP contribution in [0.4, 0.5) is 0 Å². The third-order valence-electron chi connectivity index (χ3n) is 3.92. The molecule has 0 radical (unpaired) electrons. The van der Waals surface area contributed by atoms with Crippen LogP contribution in [0.3, 0.4) is 0 Å². The van der Waals surface area contributed by atoms with E-state index in [0.29, 0.717) is 0 Å². The minimum atomic E-state index is 0.770. The lowest BCUT2D eigenvalue weighted by molar-refractivity contribution is 0.316. The molecule has 1 heterocycles. The maximum absolute atomic E-state index is 3.57. The molecule has 0 spiro atoms. The van der Waals surface area contributed by atoms with Crippen molar-refractivity contribution in [3.63, 3.8) is 0 Å². The van der Waals surface area contributed by atoms with Crippen LogP contribution in [0.5, 0.6) is 0 Å². The van der Waals surface area contributed by atoms with Gasteiger partial charge < -0.3 is 10.2 Å². The normalized spacial score (nSPS) is 19.6. The summed E-state index contributed by atoms with van der Waals surface area (Å²) in [6, 6.07) is 9.69. The molecule has 1 unspecified atom stereocenters. The first kappa shape index (κ1) is 13.6. The van der Waals surface area contributed by atoms with Crippen molar-refractivity contribution in [3.05, 3.63) is 35.4 Å². The van der Waals surface area contributed by atoms with Gasteiger partial charge in [-0.2, -0.15) is 0 Å². The molecule has 1 aliphatic rings. The van der Waals surface area contributed by atoms with Gasteiger partial charge in [0.15, 0.2) is 0 Å². The Kier molecular flexibility index (Phi) is 5.21. The highest BCUT2D eigenvalue weighted by Gasteiger charge is 2.13. The molecular formula is C16H26N2. The number of benzene rings is 1. The maximum atomic E-state index is 3.57. The average molecular weight is 246 g/mol. The smallest absolute Gasteiger partial charge is 0.00797 e. The highest BCUT2D eigenvalue weighted by atomic mass is 15.1. The minimum absolute atomic E-state index is 0.770. The van der Waals surface area contributed by atoms with Gasteiger partial charge in [0.25, 0.3) is 0 Å². The van der Waals surface area contributed by atoms with E-state index in [0.717, 1.165) is 19.0 Å². The molecule has 18 heavy (non-hydrogen) atoms. The molecule has 0 amide bonds. The molecular weight excluding hydrogens is 220 g/mol. The zero-order chi connectivity index (χ0) is 12.8. The first-order chi connectivity index (χ1) is 8.74. The quantitative estimate of drug-likeness (QED) is 0.830. The van der Waals surface area contributed by atoms with Crippen molar-refractivity contribution in [1.29, 1.82) is 0 Å². The number of rotatable bonds is 6. The summed E-state index contributed by atoms with van der Waals surface area (Å²) < 4.78 is 0. The summed E-state index contributed by atoms with van der Waals surface area (Å²) >= 11 is 0. The van der Waals surface area contributed by atoms with Crippen LogP contribution in [0.15, 0.2) is 24.3 Å². The molecule has 0 aromatic heterocycles. The van der Waals surface area contributed by atoms with Gasteiger partial charge in [-0.1, -0.05) is 29.8 Å². The Labute approximate surface area is 111 Å². The molecule has 1 saturated heterocycles. The standard InChI is InChI=1S/C16H26N2/c1-14-5-7-15(8-6-14)9-12-18(2)13-10-16-4-3-11-17-16/h5-8,16-17H,3-4,9-13H2,1-2H3. The van der Waals surface area contributed by atoms with Gasteiger partial charge in [-0.15, -0.1) is 0 Å². The fraction of sp³-hybridized carbons (Fsp3) is 0.625. The molecule has 1 aliphatic heterocycles. The molecule has 2 nitrogen and oxygen atoms in total. The summed E-state index contributed by atoms with van der Waals surface area (Å²) in [7, 11) is 2.24. The number of likely N-dealkylation sites (N-methyl/N-ethyl adjacent to an activating group) is 1. The van der Waals surface area contributed by atoms with Crippen molar-refractivity contribution in [2.75, 3.05) is 26.7 Å². The van der Waals surface area contributed by atoms with Crippen molar-refractivity contribution in [2.45, 2.75) is 38.6 Å². The van der Waals surface area contributed by atoms with E-state index < -0.39 is 0 Å². The van der Waals surface area contributed by atoms with Crippen LogP contribution in [0.25, 0.3) is 0 Å². The van der Waals surface area contributed by atoms with Crippen molar-refractivity contribution < 1.29 is 0 Å². The van der Waals surface area contributed by atoms with Gasteiger partial charge >= 0.3 is 0 Å². The zero-order valence-electron chi connectivity index (χ0n) is 11.8. The Morgan fingerprint density at radius 3 is 2.67 bits per heavy atom. The molecule has 2 heteroatoms. The van der Waals surface area contributed by atoms with Crippen LogP contribution in [-0.4, -0.2) is 37.6 Å². The van der Waals surface area contributed by atoms with E-state index in [1.165, 1.54) is 43.5 Å². The lowest BCUT2D eigenvalue weighted by Crippen LogP contribution is -2.29. The second-order valence-electron chi connectivity index (χ2n) is 5.62. The predicted octanol–water partition coefficient (Wildman–Crippen LogP) is 2.61. The topological polar surface area (TPSA) is 15.3 Å². The first-order valence-corrected chi connectivity index (χ1v) is 7.21. The van der Waals surface area contributed by atoms with Gasteiger partial charge in [-0.05, 0) is 58.3 Å². The molecule has 1 fully saturated rings. The second-order valence-corrected chi connectivity index (χ2v) is 5.62. The Bertz CT molecular complexity index is 339. The number of hydrogen-bond acceptors (Lipinski definition) is 2. The fourth-order valence-corrected chi connectivity index (χ4v) is 2.57. The molecule has 0 bridgehead atoms. The van der Waals surface area contributed by atoms with Crippen LogP contribution >= 0.6 is 0 Å². The van der Waals surface area contributed by atoms with Gasteiger partial charge in [-0.3, -0.25) is 0 Å². The average Bonchev–Trinajstić information content (AvgIpc) is 2.89. The van der Waals surface area contributed by atoms with Gasteiger partial charge in [0.05, 0.1) is 0 Å². The Balaban J connectivity index is 1.64. The van der Waals surface area contributed by atoms with E-state index in [1.807, 2.05) is 0 Å². The minimum Gasteiger partial charge on any atom is -0.314 e. The summed E-state index contributed by atoms with van der Waals surface area (Å²) in [6.07, 6.45) is 5.18. The lowest BCUT2D eigenvalue weighted by atomic mass is 10.1. The Hall–Kier alpha value is -0.860. The number of hydrogen-bond donors (Lipinski definition) is 1. The summed E-state index contributed by atoms with van der Waals surface area (Å²) in [6.45, 7) is 5.74. The van der Waals surface area contributed by atoms with Crippen LogP contribution in [0.1, 0.15) is 30.4 Å². The van der Waals surface area contributed by atoms with Gasteiger partial charge in [-0.25, -0.2) is 0 Å². The van der Waals surface area contributed by atoms with Crippen molar-refractivity contribution >= 4 is 0 Å². The SMILES string of the molecule is Cc1ccc(CCN(C)CCC2CCCN2)cc1. The molecule has 2 rings (SSSR count). The highest BCUT2D eigenvalue weighted by Crippen LogP contribution is 2.09. The van der Waals surface area contributed by atoms with E-state index in [1.54, 1.807) is 0 Å². The molecule has 0 saturated carbocycles. The second kappa shape index (κ2) is 6.91. The molecule has 1 N–H and O–H groups in total.